The molecule has 13 heavy (non-hydrogen) atoms. The highest BCUT2D eigenvalue weighted by molar-refractivity contribution is 9.10. The van der Waals surface area contributed by atoms with Crippen molar-refractivity contribution in [2.24, 2.45) is 5.73 Å². The fraction of sp³-hybridized carbons (Fsp3) is 0.333. The second kappa shape index (κ2) is 5.00. The van der Waals surface area contributed by atoms with Gasteiger partial charge in [-0.3, -0.25) is 0 Å². The van der Waals surface area contributed by atoms with Crippen LogP contribution in [0, 0.1) is 0 Å². The van der Waals surface area contributed by atoms with Crippen molar-refractivity contribution < 1.29 is 5.11 Å². The fourth-order valence-corrected chi connectivity index (χ4v) is 2.18. The van der Waals surface area contributed by atoms with Gasteiger partial charge >= 0.3 is 0 Å². The number of rotatable bonds is 3. The predicted molar refractivity (Wildman–Crippen MR) is 59.9 cm³/mol. The monoisotopic (exact) mass is 261 g/mol. The average molecular weight is 262 g/mol. The molecule has 0 bridgehead atoms. The molecule has 0 aliphatic carbocycles. The third-order valence-corrected chi connectivity index (χ3v) is 2.92. The number of thioether (sulfide) groups is 1. The molecule has 1 atom stereocenters. The van der Waals surface area contributed by atoms with Crippen molar-refractivity contribution in [2.75, 3.05) is 12.9 Å². The SMILES string of the molecule is CSc1cc(Br)cc(C(N)CO)c1. The Kier molecular flexibility index (Phi) is 4.25. The first-order valence-electron chi connectivity index (χ1n) is 3.88. The number of aliphatic hydroxyl groups excluding tert-OH is 1. The van der Waals surface area contributed by atoms with Gasteiger partial charge in [-0.2, -0.15) is 0 Å². The number of halogens is 1. The smallest absolute Gasteiger partial charge is 0.0624 e. The molecular weight excluding hydrogens is 250 g/mol. The van der Waals surface area contributed by atoms with Gasteiger partial charge < -0.3 is 10.8 Å². The molecule has 4 heteroatoms. The Morgan fingerprint density at radius 2 is 2.23 bits per heavy atom. The van der Waals surface area contributed by atoms with E-state index in [4.69, 9.17) is 10.8 Å². The second-order valence-electron chi connectivity index (χ2n) is 2.71. The first-order valence-corrected chi connectivity index (χ1v) is 5.90. The van der Waals surface area contributed by atoms with E-state index in [0.717, 1.165) is 14.9 Å². The van der Waals surface area contributed by atoms with E-state index >= 15 is 0 Å². The van der Waals surface area contributed by atoms with E-state index in [-0.39, 0.29) is 12.6 Å². The predicted octanol–water partition coefficient (Wildman–Crippen LogP) is 2.16. The molecule has 0 saturated carbocycles. The Morgan fingerprint density at radius 3 is 2.77 bits per heavy atom. The number of hydrogen-bond acceptors (Lipinski definition) is 3. The molecule has 1 rings (SSSR count). The molecule has 0 heterocycles. The first-order chi connectivity index (χ1) is 6.17. The van der Waals surface area contributed by atoms with Crippen LogP contribution in [0.25, 0.3) is 0 Å². The minimum absolute atomic E-state index is 0.0235. The van der Waals surface area contributed by atoms with Gasteiger partial charge in [0.1, 0.15) is 0 Å². The molecule has 1 unspecified atom stereocenters. The van der Waals surface area contributed by atoms with E-state index in [0.29, 0.717) is 0 Å². The highest BCUT2D eigenvalue weighted by atomic mass is 79.9. The maximum Gasteiger partial charge on any atom is 0.0624 e. The zero-order chi connectivity index (χ0) is 9.84. The Morgan fingerprint density at radius 1 is 1.54 bits per heavy atom. The summed E-state index contributed by atoms with van der Waals surface area (Å²) in [6.07, 6.45) is 2.01. The van der Waals surface area contributed by atoms with Crippen LogP contribution in [0.3, 0.4) is 0 Å². The number of hydrogen-bond donors (Lipinski definition) is 2. The largest absolute Gasteiger partial charge is 0.394 e. The molecule has 0 aromatic heterocycles. The van der Waals surface area contributed by atoms with Crippen molar-refractivity contribution in [3.05, 3.63) is 28.2 Å². The molecule has 1 aromatic carbocycles. The van der Waals surface area contributed by atoms with Crippen LogP contribution in [0.15, 0.2) is 27.6 Å². The Labute approximate surface area is 90.7 Å². The molecular formula is C9H12BrNOS. The van der Waals surface area contributed by atoms with Gasteiger partial charge in [0.25, 0.3) is 0 Å². The van der Waals surface area contributed by atoms with Gasteiger partial charge in [0.05, 0.1) is 12.6 Å². The van der Waals surface area contributed by atoms with Crippen molar-refractivity contribution in [2.45, 2.75) is 10.9 Å². The normalized spacial score (nSPS) is 12.9. The summed E-state index contributed by atoms with van der Waals surface area (Å²) in [5, 5.41) is 8.90. The molecule has 2 nitrogen and oxygen atoms in total. The lowest BCUT2D eigenvalue weighted by molar-refractivity contribution is 0.268. The minimum Gasteiger partial charge on any atom is -0.394 e. The molecule has 0 saturated heterocycles. The van der Waals surface area contributed by atoms with Gasteiger partial charge in [0.2, 0.25) is 0 Å². The van der Waals surface area contributed by atoms with Gasteiger partial charge in [-0.1, -0.05) is 15.9 Å². The molecule has 0 amide bonds. The lowest BCUT2D eigenvalue weighted by Gasteiger charge is -2.10. The summed E-state index contributed by atoms with van der Waals surface area (Å²) in [6.45, 7) is -0.0235. The molecule has 0 spiro atoms. The lowest BCUT2D eigenvalue weighted by Crippen LogP contribution is -2.14. The third kappa shape index (κ3) is 2.98. The lowest BCUT2D eigenvalue weighted by atomic mass is 10.1. The van der Waals surface area contributed by atoms with Gasteiger partial charge in [-0.25, -0.2) is 0 Å². The fourth-order valence-electron chi connectivity index (χ4n) is 1.02. The quantitative estimate of drug-likeness (QED) is 0.820. The van der Waals surface area contributed by atoms with E-state index in [1.54, 1.807) is 11.8 Å². The van der Waals surface area contributed by atoms with Gasteiger partial charge in [-0.15, -0.1) is 11.8 Å². The average Bonchev–Trinajstić information content (AvgIpc) is 2.15. The summed E-state index contributed by atoms with van der Waals surface area (Å²) in [5.41, 5.74) is 6.67. The van der Waals surface area contributed by atoms with Crippen LogP contribution in [0.1, 0.15) is 11.6 Å². The molecule has 0 aliphatic heterocycles. The number of nitrogens with two attached hydrogens (primary N) is 1. The Hall–Kier alpha value is -0.0300. The minimum atomic E-state index is -0.289. The number of benzene rings is 1. The highest BCUT2D eigenvalue weighted by Crippen LogP contribution is 2.24. The molecule has 1 aromatic rings. The summed E-state index contributed by atoms with van der Waals surface area (Å²) < 4.78 is 0.998. The van der Waals surface area contributed by atoms with Crippen molar-refractivity contribution >= 4 is 27.7 Å². The highest BCUT2D eigenvalue weighted by Gasteiger charge is 2.06. The zero-order valence-corrected chi connectivity index (χ0v) is 9.73. The van der Waals surface area contributed by atoms with Crippen LogP contribution in [0.4, 0.5) is 0 Å². The maximum atomic E-state index is 8.90. The summed E-state index contributed by atoms with van der Waals surface area (Å²) >= 11 is 5.06. The van der Waals surface area contributed by atoms with Gasteiger partial charge in [0.15, 0.2) is 0 Å². The Bertz CT molecular complexity index is 293. The standard InChI is InChI=1S/C9H12BrNOS/c1-13-8-3-6(9(11)5-12)2-7(10)4-8/h2-4,9,12H,5,11H2,1H3. The van der Waals surface area contributed by atoms with Crippen LogP contribution in [-0.4, -0.2) is 18.0 Å². The molecule has 3 N–H and O–H groups in total. The summed E-state index contributed by atoms with van der Waals surface area (Å²) in [7, 11) is 0. The van der Waals surface area contributed by atoms with Crippen LogP contribution < -0.4 is 5.73 Å². The molecule has 0 fully saturated rings. The van der Waals surface area contributed by atoms with E-state index in [2.05, 4.69) is 15.9 Å². The summed E-state index contributed by atoms with van der Waals surface area (Å²) in [6, 6.07) is 5.67. The van der Waals surface area contributed by atoms with E-state index in [1.165, 1.54) is 0 Å². The van der Waals surface area contributed by atoms with Crippen molar-refractivity contribution in [3.8, 4) is 0 Å². The van der Waals surface area contributed by atoms with Crippen LogP contribution in [-0.2, 0) is 0 Å². The van der Waals surface area contributed by atoms with Gasteiger partial charge in [-0.05, 0) is 30.0 Å². The van der Waals surface area contributed by atoms with Gasteiger partial charge in [0, 0.05) is 9.37 Å². The second-order valence-corrected chi connectivity index (χ2v) is 4.51. The maximum absolute atomic E-state index is 8.90. The summed E-state index contributed by atoms with van der Waals surface area (Å²) in [4.78, 5) is 1.15. The van der Waals surface area contributed by atoms with Crippen molar-refractivity contribution in [3.63, 3.8) is 0 Å². The van der Waals surface area contributed by atoms with Crippen molar-refractivity contribution in [1.82, 2.24) is 0 Å². The van der Waals surface area contributed by atoms with Crippen LogP contribution in [0.2, 0.25) is 0 Å². The molecule has 0 radical (unpaired) electrons. The topological polar surface area (TPSA) is 46.2 Å². The first kappa shape index (κ1) is 11.0. The van der Waals surface area contributed by atoms with Crippen LogP contribution >= 0.6 is 27.7 Å². The van der Waals surface area contributed by atoms with E-state index in [9.17, 15) is 0 Å². The van der Waals surface area contributed by atoms with E-state index < -0.39 is 0 Å². The zero-order valence-electron chi connectivity index (χ0n) is 7.33. The number of aliphatic hydroxyl groups is 1. The molecule has 0 aliphatic rings. The Balaban J connectivity index is 3.01. The molecule has 72 valence electrons. The van der Waals surface area contributed by atoms with Crippen molar-refractivity contribution in [1.29, 1.82) is 0 Å². The summed E-state index contributed by atoms with van der Waals surface area (Å²) in [5.74, 6) is 0. The van der Waals surface area contributed by atoms with Crippen LogP contribution in [0.5, 0.6) is 0 Å². The third-order valence-electron chi connectivity index (χ3n) is 1.75. The van der Waals surface area contributed by atoms with E-state index in [1.807, 2.05) is 24.5 Å².